The number of alkyl halides is 6. The lowest BCUT2D eigenvalue weighted by Gasteiger charge is -2.34. The second-order valence-corrected chi connectivity index (χ2v) is 10.5. The molecule has 0 aromatic heterocycles. The normalized spacial score (nSPS) is 17.8. The number of sulfonamides is 1. The quantitative estimate of drug-likeness (QED) is 0.598. The number of anilines is 2. The number of carbonyl (C=O) groups is 1. The van der Waals surface area contributed by atoms with E-state index in [-0.39, 0.29) is 40.7 Å². The summed E-state index contributed by atoms with van der Waals surface area (Å²) in [4.78, 5) is 17.5. The van der Waals surface area contributed by atoms with Crippen LogP contribution in [0.15, 0.2) is 46.3 Å². The molecule has 6 nitrogen and oxygen atoms in total. The number of carbonyl (C=O) groups excluding carboxylic acids is 1. The van der Waals surface area contributed by atoms with Gasteiger partial charge < -0.3 is 4.90 Å². The Hall–Kier alpha value is -3.09. The molecule has 2 aromatic carbocycles. The highest BCUT2D eigenvalue weighted by atomic mass is 32.2. The zero-order valence-electron chi connectivity index (χ0n) is 17.7. The fourth-order valence-electron chi connectivity index (χ4n) is 3.75. The Morgan fingerprint density at radius 1 is 0.971 bits per heavy atom. The molecular weight excluding hydrogens is 488 g/mol. The van der Waals surface area contributed by atoms with Crippen LogP contribution in [0.3, 0.4) is 0 Å². The van der Waals surface area contributed by atoms with Crippen molar-refractivity contribution in [3.05, 3.63) is 53.1 Å². The summed E-state index contributed by atoms with van der Waals surface area (Å²) in [7, 11) is -4.86. The van der Waals surface area contributed by atoms with Crippen molar-refractivity contribution in [2.24, 2.45) is 10.4 Å². The number of aliphatic imine (C=N–C) groups is 1. The van der Waals surface area contributed by atoms with Crippen LogP contribution in [-0.2, 0) is 22.4 Å². The molecule has 0 saturated carbocycles. The second kappa shape index (κ2) is 7.45. The molecule has 2 aromatic rings. The van der Waals surface area contributed by atoms with Gasteiger partial charge in [0, 0.05) is 24.2 Å². The maximum absolute atomic E-state index is 13.1. The first-order valence-electron chi connectivity index (χ1n) is 9.81. The first kappa shape index (κ1) is 24.0. The summed E-state index contributed by atoms with van der Waals surface area (Å²) in [6, 6.07) is 3.97. The van der Waals surface area contributed by atoms with Gasteiger partial charge in [-0.2, -0.15) is 26.3 Å². The Morgan fingerprint density at radius 2 is 1.56 bits per heavy atom. The third kappa shape index (κ3) is 4.36. The number of ketones is 1. The first-order valence-corrected chi connectivity index (χ1v) is 11.3. The molecular formula is C21H17F6N3O3S. The highest BCUT2D eigenvalue weighted by Gasteiger charge is 2.41. The standard InChI is InChI=1S/C21H17F6N3O3S/c1-19(2)9-28-18-17(31)15-8-13(3-4-16(15)30(18)10-19)29-34(32,33)14-6-11(20(22,23)24)5-12(7-14)21(25,26)27/h3-8,29H,9-10H2,1-2H3. The van der Waals surface area contributed by atoms with Crippen molar-refractivity contribution in [2.45, 2.75) is 31.1 Å². The van der Waals surface area contributed by atoms with Crippen LogP contribution < -0.4 is 9.62 Å². The predicted molar refractivity (Wildman–Crippen MR) is 111 cm³/mol. The van der Waals surface area contributed by atoms with Gasteiger partial charge >= 0.3 is 12.4 Å². The molecule has 2 heterocycles. The van der Waals surface area contributed by atoms with E-state index in [0.29, 0.717) is 18.8 Å². The monoisotopic (exact) mass is 505 g/mol. The summed E-state index contributed by atoms with van der Waals surface area (Å²) in [5.41, 5.74) is -3.33. The van der Waals surface area contributed by atoms with Gasteiger partial charge in [0.2, 0.25) is 5.78 Å². The van der Waals surface area contributed by atoms with E-state index < -0.39 is 44.2 Å². The molecule has 2 aliphatic heterocycles. The Morgan fingerprint density at radius 3 is 2.12 bits per heavy atom. The van der Waals surface area contributed by atoms with Gasteiger partial charge in [0.15, 0.2) is 5.84 Å². The third-order valence-electron chi connectivity index (χ3n) is 5.36. The van der Waals surface area contributed by atoms with Crippen LogP contribution in [0.25, 0.3) is 0 Å². The van der Waals surface area contributed by atoms with Crippen LogP contribution in [0.2, 0.25) is 0 Å². The third-order valence-corrected chi connectivity index (χ3v) is 6.72. The summed E-state index contributed by atoms with van der Waals surface area (Å²) < 4.78 is 106. The van der Waals surface area contributed by atoms with E-state index in [1.54, 1.807) is 4.90 Å². The van der Waals surface area contributed by atoms with E-state index in [0.717, 1.165) is 0 Å². The minimum absolute atomic E-state index is 0.118. The fourth-order valence-corrected chi connectivity index (χ4v) is 4.87. The number of halogens is 6. The van der Waals surface area contributed by atoms with E-state index >= 15 is 0 Å². The van der Waals surface area contributed by atoms with E-state index in [4.69, 9.17) is 0 Å². The smallest absolute Gasteiger partial charge is 0.322 e. The van der Waals surface area contributed by atoms with Crippen LogP contribution in [0, 0.1) is 5.41 Å². The molecule has 182 valence electrons. The van der Waals surface area contributed by atoms with Crippen molar-refractivity contribution in [1.29, 1.82) is 0 Å². The molecule has 34 heavy (non-hydrogen) atoms. The van der Waals surface area contributed by atoms with Gasteiger partial charge in [-0.25, -0.2) is 8.42 Å². The zero-order valence-corrected chi connectivity index (χ0v) is 18.5. The molecule has 0 amide bonds. The minimum atomic E-state index is -5.20. The van der Waals surface area contributed by atoms with Gasteiger partial charge in [0.1, 0.15) is 0 Å². The summed E-state index contributed by atoms with van der Waals surface area (Å²) in [6.07, 6.45) is -10.4. The van der Waals surface area contributed by atoms with E-state index in [9.17, 15) is 39.6 Å². The maximum Gasteiger partial charge on any atom is 0.416 e. The van der Waals surface area contributed by atoms with Crippen LogP contribution in [0.5, 0.6) is 0 Å². The number of fused-ring (bicyclic) bond motifs is 3. The Labute approximate surface area is 190 Å². The largest absolute Gasteiger partial charge is 0.416 e. The summed E-state index contributed by atoms with van der Waals surface area (Å²) >= 11 is 0. The number of Topliss-reactive ketones (excluding diaryl/α,β-unsaturated/α-hetero) is 1. The van der Waals surface area contributed by atoms with Gasteiger partial charge in [-0.05, 0) is 36.4 Å². The van der Waals surface area contributed by atoms with E-state index in [1.807, 2.05) is 18.6 Å². The predicted octanol–water partition coefficient (Wildman–Crippen LogP) is 4.97. The molecule has 13 heteroatoms. The molecule has 0 aliphatic carbocycles. The molecule has 0 saturated heterocycles. The number of hydrogen-bond donors (Lipinski definition) is 1. The second-order valence-electron chi connectivity index (χ2n) is 8.80. The van der Waals surface area contributed by atoms with Gasteiger partial charge in [0.25, 0.3) is 10.0 Å². The Balaban J connectivity index is 1.71. The van der Waals surface area contributed by atoms with Crippen molar-refractivity contribution in [3.63, 3.8) is 0 Å². The number of amidine groups is 1. The minimum Gasteiger partial charge on any atom is -0.322 e. The van der Waals surface area contributed by atoms with Gasteiger partial charge in [0.05, 0.1) is 27.3 Å². The van der Waals surface area contributed by atoms with Gasteiger partial charge in [-0.15, -0.1) is 0 Å². The molecule has 0 unspecified atom stereocenters. The van der Waals surface area contributed by atoms with Crippen LogP contribution in [0.1, 0.15) is 35.3 Å². The van der Waals surface area contributed by atoms with Crippen molar-refractivity contribution in [1.82, 2.24) is 0 Å². The average molecular weight is 505 g/mol. The van der Waals surface area contributed by atoms with E-state index in [2.05, 4.69) is 4.99 Å². The molecule has 0 fully saturated rings. The first-order chi connectivity index (χ1) is 15.5. The van der Waals surface area contributed by atoms with Gasteiger partial charge in [-0.1, -0.05) is 13.8 Å². The van der Waals surface area contributed by atoms with E-state index in [1.165, 1.54) is 18.2 Å². The summed E-state index contributed by atoms with van der Waals surface area (Å²) in [5, 5.41) is 0. The molecule has 0 atom stereocenters. The lowest BCUT2D eigenvalue weighted by atomic mass is 9.91. The Kier molecular flexibility index (Phi) is 5.27. The lowest BCUT2D eigenvalue weighted by Crippen LogP contribution is -2.44. The van der Waals surface area contributed by atoms with Crippen molar-refractivity contribution in [3.8, 4) is 0 Å². The summed E-state index contributed by atoms with van der Waals surface area (Å²) in [6.45, 7) is 4.82. The number of benzene rings is 2. The highest BCUT2D eigenvalue weighted by Crippen LogP contribution is 2.39. The molecule has 2 aliphatic rings. The van der Waals surface area contributed by atoms with Crippen molar-refractivity contribution < 1.29 is 39.6 Å². The Bertz CT molecular complexity index is 1300. The maximum atomic E-state index is 13.1. The molecule has 1 N–H and O–H groups in total. The zero-order chi connectivity index (χ0) is 25.3. The molecule has 0 radical (unpaired) electrons. The number of nitrogens with zero attached hydrogens (tertiary/aromatic N) is 2. The van der Waals surface area contributed by atoms with Crippen LogP contribution in [-0.4, -0.2) is 33.1 Å². The SMILES string of the molecule is CC1(C)CN=C2C(=O)c3cc(NS(=O)(=O)c4cc(C(F)(F)F)cc(C(F)(F)F)c4)ccc3N2C1. The van der Waals surface area contributed by atoms with Crippen molar-refractivity contribution >= 4 is 33.0 Å². The number of rotatable bonds is 3. The molecule has 4 rings (SSSR count). The number of hydrogen-bond acceptors (Lipinski definition) is 5. The average Bonchev–Trinajstić information content (AvgIpc) is 2.96. The van der Waals surface area contributed by atoms with Crippen molar-refractivity contribution in [2.75, 3.05) is 22.7 Å². The van der Waals surface area contributed by atoms with Crippen LogP contribution in [0.4, 0.5) is 37.7 Å². The topological polar surface area (TPSA) is 78.8 Å². The van der Waals surface area contributed by atoms with Crippen LogP contribution >= 0.6 is 0 Å². The van der Waals surface area contributed by atoms with Gasteiger partial charge in [-0.3, -0.25) is 14.5 Å². The molecule has 0 bridgehead atoms. The number of nitrogens with one attached hydrogen (secondary N) is 1. The fraction of sp³-hybridized carbons (Fsp3) is 0.333. The molecule has 0 spiro atoms. The summed E-state index contributed by atoms with van der Waals surface area (Å²) in [5.74, 6) is -0.257. The highest BCUT2D eigenvalue weighted by molar-refractivity contribution is 7.92. The lowest BCUT2D eigenvalue weighted by molar-refractivity contribution is -0.143.